The largest absolute Gasteiger partial charge is 0.481 e. The average molecular weight is 234 g/mol. The van der Waals surface area contributed by atoms with Crippen LogP contribution < -0.4 is 10.2 Å². The van der Waals surface area contributed by atoms with E-state index < -0.39 is 11.9 Å². The summed E-state index contributed by atoms with van der Waals surface area (Å²) in [6.45, 7) is 0.426. The van der Waals surface area contributed by atoms with E-state index in [1.165, 1.54) is 4.90 Å². The van der Waals surface area contributed by atoms with E-state index in [1.54, 1.807) is 25.2 Å². The smallest absolute Gasteiger partial charge is 0.312 e. The van der Waals surface area contributed by atoms with Crippen molar-refractivity contribution in [1.82, 2.24) is 5.32 Å². The highest BCUT2D eigenvalue weighted by Gasteiger charge is 2.35. The Morgan fingerprint density at radius 1 is 1.47 bits per heavy atom. The van der Waals surface area contributed by atoms with Crippen molar-refractivity contribution in [3.05, 3.63) is 29.8 Å². The predicted molar refractivity (Wildman–Crippen MR) is 63.1 cm³/mol. The van der Waals surface area contributed by atoms with E-state index in [9.17, 15) is 9.59 Å². The first-order valence-electron chi connectivity index (χ1n) is 5.42. The minimum Gasteiger partial charge on any atom is -0.481 e. The number of carbonyl (C=O) groups excluding carboxylic acids is 1. The molecule has 2 N–H and O–H groups in total. The summed E-state index contributed by atoms with van der Waals surface area (Å²) in [6, 6.07) is 7.15. The Labute approximate surface area is 99.0 Å². The maximum absolute atomic E-state index is 11.8. The molecule has 1 aromatic rings. The Morgan fingerprint density at radius 3 is 2.82 bits per heavy atom. The van der Waals surface area contributed by atoms with Crippen LogP contribution in [0.1, 0.15) is 11.5 Å². The Kier molecular flexibility index (Phi) is 3.10. The number of benzene rings is 1. The van der Waals surface area contributed by atoms with E-state index in [4.69, 9.17) is 5.11 Å². The molecule has 1 aliphatic heterocycles. The zero-order valence-electron chi connectivity index (χ0n) is 9.51. The number of aliphatic carboxylic acids is 1. The van der Waals surface area contributed by atoms with Crippen molar-refractivity contribution in [1.29, 1.82) is 0 Å². The van der Waals surface area contributed by atoms with Crippen LogP contribution in [0.4, 0.5) is 5.69 Å². The number of nitrogens with zero attached hydrogens (tertiary/aromatic N) is 1. The van der Waals surface area contributed by atoms with E-state index in [0.29, 0.717) is 11.3 Å². The molecule has 0 saturated carbocycles. The number of fused-ring (bicyclic) bond motifs is 1. The van der Waals surface area contributed by atoms with Crippen LogP contribution in [0.15, 0.2) is 24.3 Å². The van der Waals surface area contributed by atoms with Crippen LogP contribution in [0, 0.1) is 0 Å². The molecular weight excluding hydrogens is 220 g/mol. The van der Waals surface area contributed by atoms with Gasteiger partial charge >= 0.3 is 5.97 Å². The predicted octanol–water partition coefficient (Wildman–Crippen LogP) is 0.421. The summed E-state index contributed by atoms with van der Waals surface area (Å²) in [6.07, 6.45) is 0. The van der Waals surface area contributed by atoms with Crippen LogP contribution in [-0.4, -0.2) is 37.1 Å². The van der Waals surface area contributed by atoms with Gasteiger partial charge in [-0.1, -0.05) is 18.2 Å². The van der Waals surface area contributed by atoms with Crippen LogP contribution in [0.2, 0.25) is 0 Å². The van der Waals surface area contributed by atoms with Crippen LogP contribution in [0.5, 0.6) is 0 Å². The summed E-state index contributed by atoms with van der Waals surface area (Å²) < 4.78 is 0. The number of anilines is 1. The lowest BCUT2D eigenvalue weighted by Crippen LogP contribution is -2.37. The lowest BCUT2D eigenvalue weighted by molar-refractivity contribution is -0.138. The van der Waals surface area contributed by atoms with Gasteiger partial charge in [0.15, 0.2) is 0 Å². The summed E-state index contributed by atoms with van der Waals surface area (Å²) in [5.74, 6) is -1.62. The van der Waals surface area contributed by atoms with Gasteiger partial charge in [-0.25, -0.2) is 0 Å². The second-order valence-electron chi connectivity index (χ2n) is 3.98. The lowest BCUT2D eigenvalue weighted by atomic mass is 10.0. The lowest BCUT2D eigenvalue weighted by Gasteiger charge is -2.16. The molecule has 1 amide bonds. The summed E-state index contributed by atoms with van der Waals surface area (Å²) >= 11 is 0. The van der Waals surface area contributed by atoms with Crippen molar-refractivity contribution in [3.8, 4) is 0 Å². The summed E-state index contributed by atoms with van der Waals surface area (Å²) in [4.78, 5) is 24.5. The Balaban J connectivity index is 2.34. The molecule has 0 spiro atoms. The average Bonchev–Trinajstić information content (AvgIpc) is 2.69. The molecule has 5 heteroatoms. The Morgan fingerprint density at radius 2 is 2.18 bits per heavy atom. The second kappa shape index (κ2) is 4.55. The van der Waals surface area contributed by atoms with E-state index >= 15 is 0 Å². The topological polar surface area (TPSA) is 69.6 Å². The van der Waals surface area contributed by atoms with E-state index in [2.05, 4.69) is 5.32 Å². The molecule has 0 radical (unpaired) electrons. The highest BCUT2D eigenvalue weighted by Crippen LogP contribution is 2.36. The molecule has 90 valence electrons. The van der Waals surface area contributed by atoms with Crippen LogP contribution in [-0.2, 0) is 9.59 Å². The second-order valence-corrected chi connectivity index (χ2v) is 3.98. The van der Waals surface area contributed by atoms with Gasteiger partial charge in [0.1, 0.15) is 5.92 Å². The third kappa shape index (κ3) is 2.01. The number of carboxylic acids is 1. The molecule has 0 fully saturated rings. The molecule has 5 nitrogen and oxygen atoms in total. The first kappa shape index (κ1) is 11.6. The van der Waals surface area contributed by atoms with Crippen LogP contribution in [0.3, 0.4) is 0 Å². The SMILES string of the molecule is CNCC(=O)N1CC(C(=O)O)c2ccccc21. The summed E-state index contributed by atoms with van der Waals surface area (Å²) in [5, 5.41) is 11.9. The molecule has 0 aromatic heterocycles. The number of para-hydroxylation sites is 1. The minimum absolute atomic E-state index is 0.108. The Hall–Kier alpha value is -1.88. The van der Waals surface area contributed by atoms with Crippen molar-refractivity contribution in [3.63, 3.8) is 0 Å². The number of likely N-dealkylation sites (N-methyl/N-ethyl adjacent to an activating group) is 1. The maximum atomic E-state index is 11.8. The van der Waals surface area contributed by atoms with Gasteiger partial charge in [0.2, 0.25) is 5.91 Å². The molecule has 1 atom stereocenters. The monoisotopic (exact) mass is 234 g/mol. The van der Waals surface area contributed by atoms with Gasteiger partial charge < -0.3 is 15.3 Å². The van der Waals surface area contributed by atoms with Crippen molar-refractivity contribution >= 4 is 17.6 Å². The fourth-order valence-electron chi connectivity index (χ4n) is 2.10. The standard InChI is InChI=1S/C12H14N2O3/c1-13-6-11(15)14-7-9(12(16)17)8-4-2-3-5-10(8)14/h2-5,9,13H,6-7H2,1H3,(H,16,17). The fourth-order valence-corrected chi connectivity index (χ4v) is 2.10. The molecule has 1 unspecified atom stereocenters. The summed E-state index contributed by atoms with van der Waals surface area (Å²) in [5.41, 5.74) is 1.42. The van der Waals surface area contributed by atoms with Crippen LogP contribution in [0.25, 0.3) is 0 Å². The molecule has 2 rings (SSSR count). The third-order valence-corrected chi connectivity index (χ3v) is 2.90. The highest BCUT2D eigenvalue weighted by molar-refractivity contribution is 5.99. The van der Waals surface area contributed by atoms with E-state index in [1.807, 2.05) is 6.07 Å². The molecule has 17 heavy (non-hydrogen) atoms. The van der Waals surface area contributed by atoms with Gasteiger partial charge in [-0.2, -0.15) is 0 Å². The number of amides is 1. The number of rotatable bonds is 3. The number of carboxylic acid groups (broad SMARTS) is 1. The van der Waals surface area contributed by atoms with E-state index in [0.717, 1.165) is 0 Å². The molecule has 0 aliphatic carbocycles. The number of nitrogens with one attached hydrogen (secondary N) is 1. The molecule has 0 saturated heterocycles. The molecule has 1 heterocycles. The molecule has 0 bridgehead atoms. The highest BCUT2D eigenvalue weighted by atomic mass is 16.4. The first-order valence-corrected chi connectivity index (χ1v) is 5.42. The molecular formula is C12H14N2O3. The van der Waals surface area contributed by atoms with E-state index in [-0.39, 0.29) is 19.0 Å². The van der Waals surface area contributed by atoms with Gasteiger partial charge in [0.25, 0.3) is 0 Å². The molecule has 1 aliphatic rings. The van der Waals surface area contributed by atoms with Crippen molar-refractivity contribution in [2.45, 2.75) is 5.92 Å². The Bertz CT molecular complexity index is 459. The van der Waals surface area contributed by atoms with Crippen molar-refractivity contribution in [2.24, 2.45) is 0 Å². The minimum atomic E-state index is -0.891. The van der Waals surface area contributed by atoms with Gasteiger partial charge in [0, 0.05) is 12.2 Å². The number of carbonyl (C=O) groups is 2. The third-order valence-electron chi connectivity index (χ3n) is 2.90. The number of hydrogen-bond donors (Lipinski definition) is 2. The summed E-state index contributed by atoms with van der Waals surface area (Å²) in [7, 11) is 1.69. The molecule has 1 aromatic carbocycles. The fraction of sp³-hybridized carbons (Fsp3) is 0.333. The first-order chi connectivity index (χ1) is 8.15. The zero-order valence-corrected chi connectivity index (χ0v) is 9.51. The van der Waals surface area contributed by atoms with Crippen molar-refractivity contribution in [2.75, 3.05) is 25.0 Å². The van der Waals surface area contributed by atoms with Gasteiger partial charge in [-0.15, -0.1) is 0 Å². The normalized spacial score (nSPS) is 17.9. The van der Waals surface area contributed by atoms with Gasteiger partial charge in [-0.3, -0.25) is 9.59 Å². The quantitative estimate of drug-likeness (QED) is 0.795. The van der Waals surface area contributed by atoms with Gasteiger partial charge in [-0.05, 0) is 18.7 Å². The van der Waals surface area contributed by atoms with Crippen LogP contribution >= 0.6 is 0 Å². The number of hydrogen-bond acceptors (Lipinski definition) is 3. The van der Waals surface area contributed by atoms with Gasteiger partial charge in [0.05, 0.1) is 6.54 Å². The maximum Gasteiger partial charge on any atom is 0.312 e. The zero-order chi connectivity index (χ0) is 12.4. The van der Waals surface area contributed by atoms with Crippen molar-refractivity contribution < 1.29 is 14.7 Å².